The Morgan fingerprint density at radius 2 is 1.77 bits per heavy atom. The highest BCUT2D eigenvalue weighted by molar-refractivity contribution is 5.92. The molecule has 2 aromatic rings. The fourth-order valence-corrected chi connectivity index (χ4v) is 3.06. The summed E-state index contributed by atoms with van der Waals surface area (Å²) in [5.74, 6) is 0.199. The van der Waals surface area contributed by atoms with E-state index in [1.807, 2.05) is 12.1 Å². The number of phenols is 1. The van der Waals surface area contributed by atoms with Gasteiger partial charge in [0.1, 0.15) is 11.8 Å². The third-order valence-corrected chi connectivity index (χ3v) is 4.56. The lowest BCUT2D eigenvalue weighted by atomic mass is 10.2. The van der Waals surface area contributed by atoms with Crippen molar-refractivity contribution < 1.29 is 9.90 Å². The van der Waals surface area contributed by atoms with Gasteiger partial charge in [0, 0.05) is 44.8 Å². The number of piperazine rings is 1. The Morgan fingerprint density at radius 3 is 2.46 bits per heavy atom. The first-order chi connectivity index (χ1) is 12.7. The smallest absolute Gasteiger partial charge is 0.225 e. The molecule has 0 saturated carbocycles. The fraction of sp³-hybridized carbons (Fsp3) is 0.300. The summed E-state index contributed by atoms with van der Waals surface area (Å²) in [6.07, 6.45) is 0.402. The molecule has 6 heteroatoms. The Bertz CT molecular complexity index is 790. The van der Waals surface area contributed by atoms with Crippen LogP contribution in [0.5, 0.6) is 5.75 Å². The van der Waals surface area contributed by atoms with Crippen molar-refractivity contribution in [3.05, 3.63) is 54.1 Å². The SMILES string of the molecule is N#Cc1ccccc1NC(=O)CCN1CCN(c2ccc(O)cc2)CC1. The number of carbonyl (C=O) groups is 1. The number of amides is 1. The highest BCUT2D eigenvalue weighted by atomic mass is 16.3. The van der Waals surface area contributed by atoms with Gasteiger partial charge in [0.2, 0.25) is 5.91 Å². The molecule has 26 heavy (non-hydrogen) atoms. The van der Waals surface area contributed by atoms with E-state index in [4.69, 9.17) is 5.26 Å². The van der Waals surface area contributed by atoms with Crippen molar-refractivity contribution in [2.45, 2.75) is 6.42 Å². The number of benzene rings is 2. The molecular formula is C20H22N4O2. The van der Waals surface area contributed by atoms with Gasteiger partial charge in [0.25, 0.3) is 0 Å². The first kappa shape index (κ1) is 17.8. The number of aromatic hydroxyl groups is 1. The molecule has 0 unspecified atom stereocenters. The number of nitrogens with zero attached hydrogens (tertiary/aromatic N) is 3. The summed E-state index contributed by atoms with van der Waals surface area (Å²) >= 11 is 0. The van der Waals surface area contributed by atoms with Gasteiger partial charge in [-0.3, -0.25) is 9.69 Å². The standard InChI is InChI=1S/C20H22N4O2/c21-15-16-3-1-2-4-19(16)22-20(26)9-10-23-11-13-24(14-12-23)17-5-7-18(25)8-6-17/h1-8,25H,9-14H2,(H,22,26). The number of rotatable bonds is 5. The first-order valence-corrected chi connectivity index (χ1v) is 8.71. The van der Waals surface area contributed by atoms with Gasteiger partial charge >= 0.3 is 0 Å². The highest BCUT2D eigenvalue weighted by Crippen LogP contribution is 2.20. The van der Waals surface area contributed by atoms with Gasteiger partial charge in [0.05, 0.1) is 11.3 Å². The van der Waals surface area contributed by atoms with Crippen LogP contribution >= 0.6 is 0 Å². The van der Waals surface area contributed by atoms with E-state index in [0.29, 0.717) is 24.2 Å². The van der Waals surface area contributed by atoms with Crippen LogP contribution in [-0.4, -0.2) is 48.6 Å². The molecule has 3 rings (SSSR count). The van der Waals surface area contributed by atoms with E-state index in [0.717, 1.165) is 31.9 Å². The van der Waals surface area contributed by atoms with Gasteiger partial charge in [0.15, 0.2) is 0 Å². The van der Waals surface area contributed by atoms with Gasteiger partial charge in [-0.15, -0.1) is 0 Å². The van der Waals surface area contributed by atoms with Crippen molar-refractivity contribution in [2.24, 2.45) is 0 Å². The molecule has 134 valence electrons. The zero-order valence-corrected chi connectivity index (χ0v) is 14.6. The Balaban J connectivity index is 1.44. The minimum absolute atomic E-state index is 0.0753. The topological polar surface area (TPSA) is 79.6 Å². The Kier molecular flexibility index (Phi) is 5.72. The molecular weight excluding hydrogens is 328 g/mol. The molecule has 2 N–H and O–H groups in total. The minimum Gasteiger partial charge on any atom is -0.508 e. The molecule has 1 saturated heterocycles. The van der Waals surface area contributed by atoms with E-state index in [1.165, 1.54) is 0 Å². The van der Waals surface area contributed by atoms with Crippen molar-refractivity contribution >= 4 is 17.3 Å². The number of anilines is 2. The largest absolute Gasteiger partial charge is 0.508 e. The lowest BCUT2D eigenvalue weighted by Crippen LogP contribution is -2.47. The van der Waals surface area contributed by atoms with Gasteiger partial charge in [-0.05, 0) is 36.4 Å². The number of nitrogens with one attached hydrogen (secondary N) is 1. The van der Waals surface area contributed by atoms with Crippen molar-refractivity contribution in [3.63, 3.8) is 0 Å². The molecule has 0 radical (unpaired) electrons. The number of nitriles is 1. The van der Waals surface area contributed by atoms with Crippen molar-refractivity contribution in [1.29, 1.82) is 5.26 Å². The number of hydrogen-bond acceptors (Lipinski definition) is 5. The average molecular weight is 350 g/mol. The third kappa shape index (κ3) is 4.52. The zero-order valence-electron chi connectivity index (χ0n) is 14.6. The molecule has 1 aliphatic rings. The van der Waals surface area contributed by atoms with Crippen LogP contribution in [0.3, 0.4) is 0 Å². The lowest BCUT2D eigenvalue weighted by molar-refractivity contribution is -0.116. The maximum atomic E-state index is 12.2. The van der Waals surface area contributed by atoms with Gasteiger partial charge < -0.3 is 15.3 Å². The number of carbonyl (C=O) groups excluding carboxylic acids is 1. The summed E-state index contributed by atoms with van der Waals surface area (Å²) in [6, 6.07) is 16.3. The molecule has 0 spiro atoms. The van der Waals surface area contributed by atoms with Gasteiger partial charge in [-0.1, -0.05) is 12.1 Å². The average Bonchev–Trinajstić information content (AvgIpc) is 2.68. The summed E-state index contributed by atoms with van der Waals surface area (Å²) in [4.78, 5) is 16.7. The second-order valence-electron chi connectivity index (χ2n) is 6.30. The summed E-state index contributed by atoms with van der Waals surface area (Å²) in [6.45, 7) is 4.27. The number of phenolic OH excluding ortho intramolecular Hbond substituents is 1. The maximum absolute atomic E-state index is 12.2. The fourth-order valence-electron chi connectivity index (χ4n) is 3.06. The van der Waals surface area contributed by atoms with Gasteiger partial charge in [-0.2, -0.15) is 5.26 Å². The van der Waals surface area contributed by atoms with E-state index in [-0.39, 0.29) is 11.7 Å². The first-order valence-electron chi connectivity index (χ1n) is 8.71. The van der Waals surface area contributed by atoms with Crippen molar-refractivity contribution in [2.75, 3.05) is 42.9 Å². The van der Waals surface area contributed by atoms with E-state index < -0.39 is 0 Å². The predicted molar refractivity (Wildman–Crippen MR) is 101 cm³/mol. The second kappa shape index (κ2) is 8.37. The van der Waals surface area contributed by atoms with Crippen LogP contribution in [0.25, 0.3) is 0 Å². The van der Waals surface area contributed by atoms with Crippen molar-refractivity contribution in [1.82, 2.24) is 4.90 Å². The molecule has 1 amide bonds. The summed E-state index contributed by atoms with van der Waals surface area (Å²) in [7, 11) is 0. The zero-order chi connectivity index (χ0) is 18.4. The molecule has 1 aliphatic heterocycles. The normalized spacial score (nSPS) is 14.7. The van der Waals surface area contributed by atoms with Crippen LogP contribution in [0.4, 0.5) is 11.4 Å². The maximum Gasteiger partial charge on any atom is 0.225 e. The second-order valence-corrected chi connectivity index (χ2v) is 6.30. The molecule has 0 bridgehead atoms. The van der Waals surface area contributed by atoms with Crippen molar-refractivity contribution in [3.8, 4) is 11.8 Å². The predicted octanol–water partition coefficient (Wildman–Crippen LogP) is 2.41. The molecule has 1 fully saturated rings. The molecule has 0 aliphatic carbocycles. The van der Waals surface area contributed by atoms with Crippen LogP contribution in [0.1, 0.15) is 12.0 Å². The van der Waals surface area contributed by atoms with Crippen LogP contribution in [0.2, 0.25) is 0 Å². The lowest BCUT2D eigenvalue weighted by Gasteiger charge is -2.36. The quantitative estimate of drug-likeness (QED) is 0.866. The summed E-state index contributed by atoms with van der Waals surface area (Å²) < 4.78 is 0. The van der Waals surface area contributed by atoms with E-state index in [1.54, 1.807) is 36.4 Å². The van der Waals surface area contributed by atoms with Crippen LogP contribution in [0, 0.1) is 11.3 Å². The monoisotopic (exact) mass is 350 g/mol. The molecule has 0 atom stereocenters. The van der Waals surface area contributed by atoms with Crippen LogP contribution < -0.4 is 10.2 Å². The Morgan fingerprint density at radius 1 is 1.08 bits per heavy atom. The number of para-hydroxylation sites is 1. The minimum atomic E-state index is -0.0753. The molecule has 6 nitrogen and oxygen atoms in total. The number of hydrogen-bond donors (Lipinski definition) is 2. The summed E-state index contributed by atoms with van der Waals surface area (Å²) in [5, 5.41) is 21.3. The van der Waals surface area contributed by atoms with Crippen LogP contribution in [-0.2, 0) is 4.79 Å². The van der Waals surface area contributed by atoms with E-state index >= 15 is 0 Å². The Hall–Kier alpha value is -3.04. The molecule has 1 heterocycles. The van der Waals surface area contributed by atoms with E-state index in [9.17, 15) is 9.90 Å². The van der Waals surface area contributed by atoms with Gasteiger partial charge in [-0.25, -0.2) is 0 Å². The highest BCUT2D eigenvalue weighted by Gasteiger charge is 2.18. The van der Waals surface area contributed by atoms with Crippen LogP contribution in [0.15, 0.2) is 48.5 Å². The van der Waals surface area contributed by atoms with E-state index in [2.05, 4.69) is 21.2 Å². The third-order valence-electron chi connectivity index (χ3n) is 4.56. The molecule has 2 aromatic carbocycles. The Labute approximate surface area is 153 Å². The molecule has 0 aromatic heterocycles. The summed E-state index contributed by atoms with van der Waals surface area (Å²) in [5.41, 5.74) is 2.15.